The van der Waals surface area contributed by atoms with Crippen LogP contribution in [-0.4, -0.2) is 42.8 Å². The van der Waals surface area contributed by atoms with Crippen molar-refractivity contribution in [2.75, 3.05) is 6.54 Å². The third kappa shape index (κ3) is 4.00. The molecule has 4 rings (SSSR count). The number of rotatable bonds is 7. The van der Waals surface area contributed by atoms with Crippen LogP contribution in [0.4, 0.5) is 4.39 Å². The summed E-state index contributed by atoms with van der Waals surface area (Å²) in [7, 11) is 0. The molecular formula is C22H21FN4O3S. The highest BCUT2D eigenvalue weighted by Crippen LogP contribution is 2.40. The minimum Gasteiger partial charge on any atom is -0.503 e. The van der Waals surface area contributed by atoms with E-state index in [2.05, 4.69) is 9.97 Å². The first-order valence-corrected chi connectivity index (χ1v) is 10.6. The standard InChI is InChI=1S/C22H21FN4O3S/c1-13-21(31-14(2)25-13)19(28)17-18(15-4-6-16(23)7-5-15)27(22(30)20(17)29)10-3-9-26-11-8-24-12-26/h4-8,11-12,18,29H,3,9-10H2,1-2H3. The van der Waals surface area contributed by atoms with Gasteiger partial charge in [-0.1, -0.05) is 12.1 Å². The number of carbonyl (C=O) groups excluding carboxylic acids is 2. The number of imidazole rings is 1. The topological polar surface area (TPSA) is 88.3 Å². The van der Waals surface area contributed by atoms with Crippen LogP contribution in [0.15, 0.2) is 54.3 Å². The highest BCUT2D eigenvalue weighted by Gasteiger charge is 2.44. The lowest BCUT2D eigenvalue weighted by Gasteiger charge is -2.27. The molecule has 3 aromatic rings. The van der Waals surface area contributed by atoms with E-state index in [1.807, 2.05) is 10.8 Å². The lowest BCUT2D eigenvalue weighted by molar-refractivity contribution is -0.129. The van der Waals surface area contributed by atoms with E-state index in [-0.39, 0.29) is 5.57 Å². The van der Waals surface area contributed by atoms with Gasteiger partial charge in [-0.3, -0.25) is 9.59 Å². The Labute approximate surface area is 182 Å². The molecule has 1 aliphatic heterocycles. The van der Waals surface area contributed by atoms with E-state index in [0.29, 0.717) is 35.6 Å². The number of carbonyl (C=O) groups is 2. The van der Waals surface area contributed by atoms with Gasteiger partial charge in [0.2, 0.25) is 5.78 Å². The van der Waals surface area contributed by atoms with Crippen molar-refractivity contribution in [2.45, 2.75) is 32.9 Å². The molecule has 2 aromatic heterocycles. The van der Waals surface area contributed by atoms with Gasteiger partial charge in [0.15, 0.2) is 5.76 Å². The van der Waals surface area contributed by atoms with E-state index >= 15 is 0 Å². The summed E-state index contributed by atoms with van der Waals surface area (Å²) in [5.74, 6) is -2.02. The zero-order valence-corrected chi connectivity index (χ0v) is 17.9. The van der Waals surface area contributed by atoms with Crippen LogP contribution in [0.2, 0.25) is 0 Å². The maximum absolute atomic E-state index is 13.5. The van der Waals surface area contributed by atoms with Crippen molar-refractivity contribution in [1.82, 2.24) is 19.4 Å². The summed E-state index contributed by atoms with van der Waals surface area (Å²) in [5, 5.41) is 11.4. The van der Waals surface area contributed by atoms with E-state index in [9.17, 15) is 19.1 Å². The monoisotopic (exact) mass is 440 g/mol. The Hall–Kier alpha value is -3.33. The fourth-order valence-electron chi connectivity index (χ4n) is 3.81. The number of amides is 1. The number of halogens is 1. The van der Waals surface area contributed by atoms with Gasteiger partial charge < -0.3 is 14.6 Å². The molecule has 1 amide bonds. The number of aromatic nitrogens is 3. The number of hydrogen-bond acceptors (Lipinski definition) is 6. The van der Waals surface area contributed by atoms with Crippen LogP contribution < -0.4 is 0 Å². The molecule has 9 heteroatoms. The van der Waals surface area contributed by atoms with E-state index in [0.717, 1.165) is 5.01 Å². The smallest absolute Gasteiger partial charge is 0.290 e. The van der Waals surface area contributed by atoms with Crippen LogP contribution in [0.1, 0.15) is 38.4 Å². The summed E-state index contributed by atoms with van der Waals surface area (Å²) in [6.07, 6.45) is 5.77. The second kappa shape index (κ2) is 8.43. The molecule has 1 atom stereocenters. The Bertz CT molecular complexity index is 1150. The van der Waals surface area contributed by atoms with Crippen LogP contribution in [0.5, 0.6) is 0 Å². The van der Waals surface area contributed by atoms with Crippen molar-refractivity contribution in [1.29, 1.82) is 0 Å². The highest BCUT2D eigenvalue weighted by atomic mass is 32.1. The molecule has 0 radical (unpaired) electrons. The Morgan fingerprint density at radius 3 is 2.58 bits per heavy atom. The van der Waals surface area contributed by atoms with Gasteiger partial charge >= 0.3 is 0 Å². The minimum atomic E-state index is -0.801. The van der Waals surface area contributed by atoms with Gasteiger partial charge in [-0.2, -0.15) is 0 Å². The molecule has 0 saturated heterocycles. The predicted octanol–water partition coefficient (Wildman–Crippen LogP) is 3.76. The first kappa shape index (κ1) is 20.9. The molecule has 0 spiro atoms. The van der Waals surface area contributed by atoms with Gasteiger partial charge in [0.05, 0.1) is 33.5 Å². The fourth-order valence-corrected chi connectivity index (χ4v) is 4.69. The predicted molar refractivity (Wildman–Crippen MR) is 113 cm³/mol. The third-order valence-electron chi connectivity index (χ3n) is 5.22. The number of thiazole rings is 1. The van der Waals surface area contributed by atoms with Crippen LogP contribution >= 0.6 is 11.3 Å². The molecule has 0 fully saturated rings. The average molecular weight is 440 g/mol. The van der Waals surface area contributed by atoms with Crippen LogP contribution in [-0.2, 0) is 11.3 Å². The molecule has 7 nitrogen and oxygen atoms in total. The summed E-state index contributed by atoms with van der Waals surface area (Å²) in [5.41, 5.74) is 1.12. The molecular weight excluding hydrogens is 419 g/mol. The van der Waals surface area contributed by atoms with Crippen molar-refractivity contribution in [2.24, 2.45) is 0 Å². The normalized spacial score (nSPS) is 16.4. The molecule has 0 aliphatic carbocycles. The van der Waals surface area contributed by atoms with E-state index in [1.54, 1.807) is 26.4 Å². The molecule has 3 heterocycles. The number of aryl methyl sites for hydroxylation is 3. The number of benzene rings is 1. The summed E-state index contributed by atoms with van der Waals surface area (Å²) >= 11 is 1.22. The summed E-state index contributed by atoms with van der Waals surface area (Å²) < 4.78 is 15.4. The molecule has 31 heavy (non-hydrogen) atoms. The van der Waals surface area contributed by atoms with Crippen LogP contribution in [0.25, 0.3) is 0 Å². The lowest BCUT2D eigenvalue weighted by atomic mass is 9.95. The van der Waals surface area contributed by atoms with Crippen LogP contribution in [0.3, 0.4) is 0 Å². The quantitative estimate of drug-likeness (QED) is 0.565. The number of ketones is 1. The van der Waals surface area contributed by atoms with E-state index < -0.39 is 29.3 Å². The van der Waals surface area contributed by atoms with E-state index in [1.165, 1.54) is 40.5 Å². The molecule has 160 valence electrons. The molecule has 1 unspecified atom stereocenters. The van der Waals surface area contributed by atoms with Gasteiger partial charge in [-0.05, 0) is 38.0 Å². The highest BCUT2D eigenvalue weighted by molar-refractivity contribution is 7.14. The summed E-state index contributed by atoms with van der Waals surface area (Å²) in [4.78, 5) is 36.5. The maximum atomic E-state index is 13.5. The fraction of sp³-hybridized carbons (Fsp3) is 0.273. The number of Topliss-reactive ketones (excluding diaryl/α,β-unsaturated/α-hetero) is 1. The van der Waals surface area contributed by atoms with Gasteiger partial charge in [-0.25, -0.2) is 14.4 Å². The Morgan fingerprint density at radius 2 is 1.97 bits per heavy atom. The lowest BCUT2D eigenvalue weighted by Crippen LogP contribution is -2.32. The Morgan fingerprint density at radius 1 is 1.23 bits per heavy atom. The minimum absolute atomic E-state index is 0.00555. The second-order valence-electron chi connectivity index (χ2n) is 7.35. The van der Waals surface area contributed by atoms with Crippen molar-refractivity contribution in [3.8, 4) is 0 Å². The molecule has 0 saturated carbocycles. The van der Waals surface area contributed by atoms with Gasteiger partial charge in [0, 0.05) is 25.5 Å². The molecule has 1 N–H and O–H groups in total. The van der Waals surface area contributed by atoms with Gasteiger partial charge in [0.1, 0.15) is 5.82 Å². The number of hydrogen-bond donors (Lipinski definition) is 1. The molecule has 0 bridgehead atoms. The molecule has 1 aliphatic rings. The van der Waals surface area contributed by atoms with Gasteiger partial charge in [-0.15, -0.1) is 11.3 Å². The van der Waals surface area contributed by atoms with Crippen molar-refractivity contribution in [3.63, 3.8) is 0 Å². The summed E-state index contributed by atoms with van der Waals surface area (Å²) in [6.45, 7) is 4.45. The van der Waals surface area contributed by atoms with Gasteiger partial charge in [0.25, 0.3) is 5.91 Å². The maximum Gasteiger partial charge on any atom is 0.290 e. The SMILES string of the molecule is Cc1nc(C)c(C(=O)C2=C(O)C(=O)N(CCCn3ccnc3)C2c2ccc(F)cc2)s1. The molecule has 1 aromatic carbocycles. The second-order valence-corrected chi connectivity index (χ2v) is 8.55. The number of aliphatic hydroxyl groups is 1. The van der Waals surface area contributed by atoms with Crippen molar-refractivity contribution < 1.29 is 19.1 Å². The first-order valence-electron chi connectivity index (χ1n) is 9.81. The van der Waals surface area contributed by atoms with Crippen molar-refractivity contribution in [3.05, 3.63) is 81.3 Å². The zero-order chi connectivity index (χ0) is 22.1. The number of nitrogens with zero attached hydrogens (tertiary/aromatic N) is 4. The Kier molecular flexibility index (Phi) is 5.69. The summed E-state index contributed by atoms with van der Waals surface area (Å²) in [6, 6.07) is 4.83. The average Bonchev–Trinajstić information content (AvgIpc) is 3.43. The first-order chi connectivity index (χ1) is 14.9. The van der Waals surface area contributed by atoms with E-state index in [4.69, 9.17) is 0 Å². The number of aliphatic hydroxyl groups excluding tert-OH is 1. The van der Waals surface area contributed by atoms with Crippen LogP contribution in [0, 0.1) is 19.7 Å². The van der Waals surface area contributed by atoms with Crippen molar-refractivity contribution >= 4 is 23.0 Å². The largest absolute Gasteiger partial charge is 0.503 e. The third-order valence-corrected chi connectivity index (χ3v) is 6.29. The Balaban J connectivity index is 1.69. The zero-order valence-electron chi connectivity index (χ0n) is 17.1.